The molecule has 1 aliphatic rings. The first-order valence-electron chi connectivity index (χ1n) is 6.34. The predicted octanol–water partition coefficient (Wildman–Crippen LogP) is 2.52. The molecule has 0 spiro atoms. The molecule has 1 aromatic carbocycles. The second kappa shape index (κ2) is 6.03. The molecule has 3 heteroatoms. The maximum atomic E-state index is 5.81. The smallest absolute Gasteiger partial charge is 0.119 e. The lowest BCUT2D eigenvalue weighted by molar-refractivity contribution is 0.0668. The highest BCUT2D eigenvalue weighted by molar-refractivity contribution is 5.29. The monoisotopic (exact) mass is 235 g/mol. The van der Waals surface area contributed by atoms with Crippen LogP contribution in [0.2, 0.25) is 0 Å². The fraction of sp³-hybridized carbons (Fsp3) is 0.571. The first-order valence-corrected chi connectivity index (χ1v) is 6.34. The number of nitrogens with one attached hydrogen (secondary N) is 1. The first-order chi connectivity index (χ1) is 8.25. The van der Waals surface area contributed by atoms with Gasteiger partial charge >= 0.3 is 0 Å². The Morgan fingerprint density at radius 3 is 2.76 bits per heavy atom. The van der Waals surface area contributed by atoms with E-state index in [1.54, 1.807) is 0 Å². The Kier molecular flexibility index (Phi) is 4.40. The minimum atomic E-state index is 0.172. The van der Waals surface area contributed by atoms with Crippen molar-refractivity contribution in [3.8, 4) is 5.75 Å². The third kappa shape index (κ3) is 3.72. The summed E-state index contributed by atoms with van der Waals surface area (Å²) >= 11 is 0. The van der Waals surface area contributed by atoms with E-state index in [0.29, 0.717) is 0 Å². The molecule has 1 N–H and O–H groups in total. The lowest BCUT2D eigenvalue weighted by Crippen LogP contribution is -2.20. The van der Waals surface area contributed by atoms with Gasteiger partial charge in [0.1, 0.15) is 5.75 Å². The topological polar surface area (TPSA) is 30.5 Å². The standard InChI is InChI=1S/C14H21NO2/c1-11(2)17-13-6-4-12(5-7-13)14-10-15-8-3-9-16-14/h4-7,11,14-15H,3,8-10H2,1-2H3. The van der Waals surface area contributed by atoms with Gasteiger partial charge in [0.05, 0.1) is 12.2 Å². The molecule has 0 amide bonds. The Balaban J connectivity index is 2.00. The van der Waals surface area contributed by atoms with E-state index in [0.717, 1.165) is 31.9 Å². The largest absolute Gasteiger partial charge is 0.491 e. The number of hydrogen-bond donors (Lipinski definition) is 1. The fourth-order valence-corrected chi connectivity index (χ4v) is 1.96. The molecule has 1 aromatic rings. The molecule has 1 heterocycles. The Bertz CT molecular complexity index is 327. The molecule has 3 nitrogen and oxygen atoms in total. The Labute approximate surface area is 103 Å². The van der Waals surface area contributed by atoms with Gasteiger partial charge < -0.3 is 14.8 Å². The summed E-state index contributed by atoms with van der Waals surface area (Å²) in [6, 6.07) is 8.22. The van der Waals surface area contributed by atoms with E-state index >= 15 is 0 Å². The maximum absolute atomic E-state index is 5.81. The highest BCUT2D eigenvalue weighted by Crippen LogP contribution is 2.22. The van der Waals surface area contributed by atoms with E-state index in [2.05, 4.69) is 17.4 Å². The summed E-state index contributed by atoms with van der Waals surface area (Å²) in [4.78, 5) is 0. The molecule has 0 aromatic heterocycles. The van der Waals surface area contributed by atoms with E-state index < -0.39 is 0 Å². The zero-order chi connectivity index (χ0) is 12.1. The van der Waals surface area contributed by atoms with E-state index in [9.17, 15) is 0 Å². The van der Waals surface area contributed by atoms with E-state index in [1.807, 2.05) is 26.0 Å². The molecule has 94 valence electrons. The van der Waals surface area contributed by atoms with Crippen LogP contribution in [0.15, 0.2) is 24.3 Å². The van der Waals surface area contributed by atoms with Gasteiger partial charge in [0, 0.05) is 13.2 Å². The van der Waals surface area contributed by atoms with E-state index in [4.69, 9.17) is 9.47 Å². The summed E-state index contributed by atoms with van der Waals surface area (Å²) < 4.78 is 11.4. The van der Waals surface area contributed by atoms with Gasteiger partial charge in [-0.3, -0.25) is 0 Å². The van der Waals surface area contributed by atoms with Crippen molar-refractivity contribution in [1.82, 2.24) is 5.32 Å². The Hall–Kier alpha value is -1.06. The number of ether oxygens (including phenoxy) is 2. The summed E-state index contributed by atoms with van der Waals surface area (Å²) in [6.07, 6.45) is 1.48. The van der Waals surface area contributed by atoms with E-state index in [1.165, 1.54) is 5.56 Å². The lowest BCUT2D eigenvalue weighted by atomic mass is 10.1. The van der Waals surface area contributed by atoms with Crippen molar-refractivity contribution in [2.75, 3.05) is 19.7 Å². The molecule has 0 bridgehead atoms. The van der Waals surface area contributed by atoms with Crippen LogP contribution in [-0.2, 0) is 4.74 Å². The van der Waals surface area contributed by atoms with Crippen LogP contribution < -0.4 is 10.1 Å². The maximum Gasteiger partial charge on any atom is 0.119 e. The second-order valence-electron chi connectivity index (χ2n) is 4.65. The third-order valence-electron chi connectivity index (χ3n) is 2.77. The van der Waals surface area contributed by atoms with Crippen molar-refractivity contribution in [2.45, 2.75) is 32.5 Å². The van der Waals surface area contributed by atoms with Gasteiger partial charge in [-0.2, -0.15) is 0 Å². The Morgan fingerprint density at radius 2 is 2.06 bits per heavy atom. The molecule has 1 aliphatic heterocycles. The van der Waals surface area contributed by atoms with Crippen LogP contribution in [0.5, 0.6) is 5.75 Å². The van der Waals surface area contributed by atoms with Crippen LogP contribution in [0.4, 0.5) is 0 Å². The van der Waals surface area contributed by atoms with Gasteiger partial charge in [-0.25, -0.2) is 0 Å². The minimum Gasteiger partial charge on any atom is -0.491 e. The van der Waals surface area contributed by atoms with Gasteiger partial charge in [-0.15, -0.1) is 0 Å². The van der Waals surface area contributed by atoms with Gasteiger partial charge in [-0.05, 0) is 44.5 Å². The molecule has 0 saturated carbocycles. The molecule has 0 aliphatic carbocycles. The first kappa shape index (κ1) is 12.4. The van der Waals surface area contributed by atoms with E-state index in [-0.39, 0.29) is 12.2 Å². The van der Waals surface area contributed by atoms with Crippen molar-refractivity contribution in [3.05, 3.63) is 29.8 Å². The molecule has 17 heavy (non-hydrogen) atoms. The normalized spacial score (nSPS) is 21.2. The molecular weight excluding hydrogens is 214 g/mol. The molecule has 2 rings (SSSR count). The predicted molar refractivity (Wildman–Crippen MR) is 68.4 cm³/mol. The van der Waals surface area contributed by atoms with Gasteiger partial charge in [0.25, 0.3) is 0 Å². The molecule has 1 atom stereocenters. The summed E-state index contributed by atoms with van der Waals surface area (Å²) in [5.41, 5.74) is 1.22. The van der Waals surface area contributed by atoms with Crippen molar-refractivity contribution in [2.24, 2.45) is 0 Å². The average molecular weight is 235 g/mol. The van der Waals surface area contributed by atoms with Gasteiger partial charge in [-0.1, -0.05) is 12.1 Å². The highest BCUT2D eigenvalue weighted by Gasteiger charge is 2.14. The zero-order valence-corrected chi connectivity index (χ0v) is 10.6. The molecule has 1 unspecified atom stereocenters. The number of rotatable bonds is 3. The average Bonchev–Trinajstić information content (AvgIpc) is 2.58. The zero-order valence-electron chi connectivity index (χ0n) is 10.6. The minimum absolute atomic E-state index is 0.172. The van der Waals surface area contributed by atoms with Crippen LogP contribution in [0.3, 0.4) is 0 Å². The quantitative estimate of drug-likeness (QED) is 0.873. The number of hydrogen-bond acceptors (Lipinski definition) is 3. The molecule has 1 fully saturated rings. The van der Waals surface area contributed by atoms with Gasteiger partial charge in [0.2, 0.25) is 0 Å². The summed E-state index contributed by atoms with van der Waals surface area (Å²) in [5, 5.41) is 3.39. The molecule has 1 saturated heterocycles. The van der Waals surface area contributed by atoms with Crippen LogP contribution >= 0.6 is 0 Å². The lowest BCUT2D eigenvalue weighted by Gasteiger charge is -2.16. The highest BCUT2D eigenvalue weighted by atomic mass is 16.5. The summed E-state index contributed by atoms with van der Waals surface area (Å²) in [7, 11) is 0. The van der Waals surface area contributed by atoms with Crippen molar-refractivity contribution in [1.29, 1.82) is 0 Å². The number of benzene rings is 1. The van der Waals surface area contributed by atoms with Crippen molar-refractivity contribution < 1.29 is 9.47 Å². The van der Waals surface area contributed by atoms with Crippen LogP contribution in [0.1, 0.15) is 31.9 Å². The Morgan fingerprint density at radius 1 is 1.29 bits per heavy atom. The molecule has 0 radical (unpaired) electrons. The molecular formula is C14H21NO2. The summed E-state index contributed by atoms with van der Waals surface area (Å²) in [6.45, 7) is 6.84. The van der Waals surface area contributed by atoms with Crippen LogP contribution in [-0.4, -0.2) is 25.8 Å². The SMILES string of the molecule is CC(C)Oc1ccc(C2CNCCCO2)cc1. The van der Waals surface area contributed by atoms with Crippen LogP contribution in [0, 0.1) is 0 Å². The fourth-order valence-electron chi connectivity index (χ4n) is 1.96. The second-order valence-corrected chi connectivity index (χ2v) is 4.65. The van der Waals surface area contributed by atoms with Crippen molar-refractivity contribution >= 4 is 0 Å². The van der Waals surface area contributed by atoms with Crippen LogP contribution in [0.25, 0.3) is 0 Å². The van der Waals surface area contributed by atoms with Crippen molar-refractivity contribution in [3.63, 3.8) is 0 Å². The van der Waals surface area contributed by atoms with Gasteiger partial charge in [0.15, 0.2) is 0 Å². The third-order valence-corrected chi connectivity index (χ3v) is 2.77. The summed E-state index contributed by atoms with van der Waals surface area (Å²) in [5.74, 6) is 0.922.